The minimum Gasteiger partial charge on any atom is -0.497 e. The van der Waals surface area contributed by atoms with Crippen molar-refractivity contribution in [1.82, 2.24) is 4.31 Å². The van der Waals surface area contributed by atoms with E-state index >= 15 is 0 Å². The Kier molecular flexibility index (Phi) is 8.75. The second-order valence-electron chi connectivity index (χ2n) is 8.84. The van der Waals surface area contributed by atoms with Gasteiger partial charge in [0.15, 0.2) is 0 Å². The average molecular weight is 436 g/mol. The average Bonchev–Trinajstić information content (AvgIpc) is 3.07. The molecule has 0 aromatic heterocycles. The Labute approximate surface area is 182 Å². The maximum atomic E-state index is 13.5. The number of benzene rings is 1. The lowest BCUT2D eigenvalue weighted by molar-refractivity contribution is -0.123. The SMILES string of the molecule is COc1ccc(S(=O)(=O)N(CCCC(=O)C2CCCCCC2)C2CCCCC2)cc1. The maximum absolute atomic E-state index is 13.5. The quantitative estimate of drug-likeness (QED) is 0.491. The van der Waals surface area contributed by atoms with Gasteiger partial charge in [0.2, 0.25) is 10.0 Å². The van der Waals surface area contributed by atoms with Crippen molar-refractivity contribution >= 4 is 15.8 Å². The van der Waals surface area contributed by atoms with E-state index in [-0.39, 0.29) is 12.0 Å². The van der Waals surface area contributed by atoms with Crippen LogP contribution in [-0.2, 0) is 14.8 Å². The van der Waals surface area contributed by atoms with Gasteiger partial charge >= 0.3 is 0 Å². The van der Waals surface area contributed by atoms with Crippen LogP contribution in [0.1, 0.15) is 83.5 Å². The van der Waals surface area contributed by atoms with Crippen molar-refractivity contribution in [1.29, 1.82) is 0 Å². The molecule has 0 radical (unpaired) electrons. The fourth-order valence-electron chi connectivity index (χ4n) is 4.97. The molecule has 2 fully saturated rings. The van der Waals surface area contributed by atoms with E-state index in [1.807, 2.05) is 0 Å². The molecule has 0 amide bonds. The fraction of sp³-hybridized carbons (Fsp3) is 0.708. The van der Waals surface area contributed by atoms with Crippen molar-refractivity contribution in [2.24, 2.45) is 5.92 Å². The van der Waals surface area contributed by atoms with Crippen LogP contribution in [0, 0.1) is 5.92 Å². The van der Waals surface area contributed by atoms with Gasteiger partial charge < -0.3 is 4.74 Å². The third kappa shape index (κ3) is 6.07. The highest BCUT2D eigenvalue weighted by Crippen LogP contribution is 2.30. The zero-order valence-electron chi connectivity index (χ0n) is 18.4. The van der Waals surface area contributed by atoms with Gasteiger partial charge in [-0.2, -0.15) is 4.31 Å². The first-order valence-corrected chi connectivity index (χ1v) is 13.1. The van der Waals surface area contributed by atoms with Crippen molar-refractivity contribution < 1.29 is 17.9 Å². The predicted octanol–water partition coefficient (Wildman–Crippen LogP) is 5.34. The van der Waals surface area contributed by atoms with Gasteiger partial charge in [0.1, 0.15) is 11.5 Å². The predicted molar refractivity (Wildman–Crippen MR) is 119 cm³/mol. The Morgan fingerprint density at radius 1 is 0.933 bits per heavy atom. The maximum Gasteiger partial charge on any atom is 0.243 e. The Morgan fingerprint density at radius 3 is 2.10 bits per heavy atom. The number of carbonyl (C=O) groups is 1. The highest BCUT2D eigenvalue weighted by atomic mass is 32.2. The highest BCUT2D eigenvalue weighted by molar-refractivity contribution is 7.89. The molecule has 1 aromatic carbocycles. The Bertz CT molecular complexity index is 761. The summed E-state index contributed by atoms with van der Waals surface area (Å²) in [5.74, 6) is 1.17. The van der Waals surface area contributed by atoms with Crippen LogP contribution in [0.5, 0.6) is 5.75 Å². The summed E-state index contributed by atoms with van der Waals surface area (Å²) in [5.41, 5.74) is 0. The van der Waals surface area contributed by atoms with E-state index in [2.05, 4.69) is 0 Å². The molecule has 3 rings (SSSR count). The van der Waals surface area contributed by atoms with Crippen molar-refractivity contribution in [3.63, 3.8) is 0 Å². The van der Waals surface area contributed by atoms with Gasteiger partial charge in [0, 0.05) is 24.9 Å². The van der Waals surface area contributed by atoms with Gasteiger partial charge in [0.05, 0.1) is 12.0 Å². The molecular formula is C24H37NO4S. The molecule has 0 N–H and O–H groups in total. The summed E-state index contributed by atoms with van der Waals surface area (Å²) in [7, 11) is -2.02. The second kappa shape index (κ2) is 11.3. The van der Waals surface area contributed by atoms with Gasteiger partial charge in [-0.15, -0.1) is 0 Å². The van der Waals surface area contributed by atoms with E-state index in [0.29, 0.717) is 35.8 Å². The molecule has 6 heteroatoms. The lowest BCUT2D eigenvalue weighted by atomic mass is 9.92. The van der Waals surface area contributed by atoms with Crippen LogP contribution in [0.15, 0.2) is 29.2 Å². The largest absolute Gasteiger partial charge is 0.497 e. The van der Waals surface area contributed by atoms with E-state index in [9.17, 15) is 13.2 Å². The molecule has 1 aromatic rings. The lowest BCUT2D eigenvalue weighted by Crippen LogP contribution is -2.42. The zero-order valence-corrected chi connectivity index (χ0v) is 19.2. The standard InChI is InChI=1S/C24H37NO4S/c1-29-22-15-17-23(18-16-22)30(27,28)25(21-12-7-4-8-13-21)19-9-14-24(26)20-10-5-2-3-6-11-20/h15-18,20-21H,2-14,19H2,1H3. The monoisotopic (exact) mass is 435 g/mol. The van der Waals surface area contributed by atoms with Crippen LogP contribution >= 0.6 is 0 Å². The fourth-order valence-corrected chi connectivity index (χ4v) is 6.69. The number of hydrogen-bond acceptors (Lipinski definition) is 4. The van der Waals surface area contributed by atoms with Crippen LogP contribution < -0.4 is 4.74 Å². The van der Waals surface area contributed by atoms with Gasteiger partial charge in [-0.1, -0.05) is 44.9 Å². The topological polar surface area (TPSA) is 63.7 Å². The molecule has 0 saturated heterocycles. The molecule has 30 heavy (non-hydrogen) atoms. The number of Topliss-reactive ketones (excluding diaryl/α,β-unsaturated/α-hetero) is 1. The lowest BCUT2D eigenvalue weighted by Gasteiger charge is -2.33. The van der Waals surface area contributed by atoms with Crippen LogP contribution in [0.3, 0.4) is 0 Å². The summed E-state index contributed by atoms with van der Waals surface area (Å²) in [6.07, 6.45) is 13.0. The zero-order chi connectivity index (χ0) is 21.4. The molecule has 0 atom stereocenters. The molecule has 2 aliphatic carbocycles. The van der Waals surface area contributed by atoms with E-state index in [0.717, 1.165) is 51.4 Å². The van der Waals surface area contributed by atoms with E-state index in [4.69, 9.17) is 4.74 Å². The number of methoxy groups -OCH3 is 1. The van der Waals surface area contributed by atoms with Crippen LogP contribution in [0.2, 0.25) is 0 Å². The first kappa shape index (κ1) is 23.3. The van der Waals surface area contributed by atoms with Crippen LogP contribution in [0.4, 0.5) is 0 Å². The molecule has 168 valence electrons. The minimum absolute atomic E-state index is 0.0406. The smallest absolute Gasteiger partial charge is 0.243 e. The number of nitrogens with zero attached hydrogens (tertiary/aromatic N) is 1. The van der Waals surface area contributed by atoms with E-state index in [1.54, 1.807) is 35.7 Å². The van der Waals surface area contributed by atoms with E-state index in [1.165, 1.54) is 19.3 Å². The van der Waals surface area contributed by atoms with Crippen molar-refractivity contribution in [3.8, 4) is 5.75 Å². The van der Waals surface area contributed by atoms with Gasteiger partial charge in [-0.3, -0.25) is 4.79 Å². The molecule has 2 aliphatic rings. The molecule has 5 nitrogen and oxygen atoms in total. The minimum atomic E-state index is -3.59. The Hall–Kier alpha value is -1.40. The van der Waals surface area contributed by atoms with Crippen molar-refractivity contribution in [2.75, 3.05) is 13.7 Å². The summed E-state index contributed by atoms with van der Waals surface area (Å²) in [4.78, 5) is 13.0. The summed E-state index contributed by atoms with van der Waals surface area (Å²) >= 11 is 0. The normalized spacial score (nSPS) is 19.5. The summed E-state index contributed by atoms with van der Waals surface area (Å²) < 4.78 is 33.8. The van der Waals surface area contributed by atoms with Crippen molar-refractivity contribution in [2.45, 2.75) is 94.4 Å². The molecular weight excluding hydrogens is 398 g/mol. The Balaban J connectivity index is 1.68. The summed E-state index contributed by atoms with van der Waals surface area (Å²) in [6, 6.07) is 6.68. The summed E-state index contributed by atoms with van der Waals surface area (Å²) in [6.45, 7) is 0.428. The first-order valence-electron chi connectivity index (χ1n) is 11.7. The van der Waals surface area contributed by atoms with Crippen LogP contribution in [-0.4, -0.2) is 38.2 Å². The molecule has 0 spiro atoms. The first-order chi connectivity index (χ1) is 14.5. The Morgan fingerprint density at radius 2 is 1.50 bits per heavy atom. The number of ether oxygens (including phenoxy) is 1. The molecule has 2 saturated carbocycles. The van der Waals surface area contributed by atoms with Gasteiger partial charge in [-0.05, 0) is 56.4 Å². The molecule has 0 aliphatic heterocycles. The van der Waals surface area contributed by atoms with Crippen LogP contribution in [0.25, 0.3) is 0 Å². The van der Waals surface area contributed by atoms with Crippen molar-refractivity contribution in [3.05, 3.63) is 24.3 Å². The molecule has 0 unspecified atom stereocenters. The second-order valence-corrected chi connectivity index (χ2v) is 10.7. The number of ketones is 1. The van der Waals surface area contributed by atoms with E-state index < -0.39 is 10.0 Å². The van der Waals surface area contributed by atoms with Gasteiger partial charge in [-0.25, -0.2) is 8.42 Å². The molecule has 0 heterocycles. The summed E-state index contributed by atoms with van der Waals surface area (Å²) in [5, 5.41) is 0. The highest BCUT2D eigenvalue weighted by Gasteiger charge is 2.32. The third-order valence-corrected chi connectivity index (χ3v) is 8.73. The third-order valence-electron chi connectivity index (χ3n) is 6.76. The van der Waals surface area contributed by atoms with Gasteiger partial charge in [0.25, 0.3) is 0 Å². The molecule has 0 bridgehead atoms. The number of rotatable bonds is 9. The number of hydrogen-bond donors (Lipinski definition) is 0. The number of sulfonamides is 1. The number of carbonyl (C=O) groups excluding carboxylic acids is 1.